The summed E-state index contributed by atoms with van der Waals surface area (Å²) in [7, 11) is 0. The second kappa shape index (κ2) is 6.25. The van der Waals surface area contributed by atoms with Gasteiger partial charge in [-0.05, 0) is 17.7 Å². The third kappa shape index (κ3) is 3.19. The predicted octanol–water partition coefficient (Wildman–Crippen LogP) is 5.00. The fourth-order valence-electron chi connectivity index (χ4n) is 2.06. The molecule has 2 atom stereocenters. The summed E-state index contributed by atoms with van der Waals surface area (Å²) >= 11 is 12.0. The van der Waals surface area contributed by atoms with Gasteiger partial charge in [0.2, 0.25) is 0 Å². The number of aliphatic hydroxyl groups excluding tert-OH is 1. The van der Waals surface area contributed by atoms with Crippen molar-refractivity contribution in [1.82, 2.24) is 0 Å². The summed E-state index contributed by atoms with van der Waals surface area (Å²) in [5.41, 5.74) is 1.65. The highest BCUT2D eigenvalue weighted by atomic mass is 35.5. The average Bonchev–Trinajstić information content (AvgIpc) is 2.40. The van der Waals surface area contributed by atoms with Gasteiger partial charge in [0.1, 0.15) is 0 Å². The molecule has 2 aromatic rings. The van der Waals surface area contributed by atoms with Crippen LogP contribution in [0.25, 0.3) is 0 Å². The van der Waals surface area contributed by atoms with Gasteiger partial charge in [0, 0.05) is 21.5 Å². The van der Waals surface area contributed by atoms with Gasteiger partial charge in [-0.1, -0.05) is 65.7 Å². The fraction of sp³-hybridized carbons (Fsp3) is 0.125. The maximum atomic E-state index is 10.5. The molecule has 0 aliphatic heterocycles. The number of benzene rings is 2. The minimum Gasteiger partial charge on any atom is -0.387 e. The molecule has 0 saturated carbocycles. The molecule has 0 radical (unpaired) electrons. The Morgan fingerprint density at radius 3 is 2.32 bits per heavy atom. The smallest absolute Gasteiger partial charge is 0.0907 e. The first kappa shape index (κ1) is 14.1. The summed E-state index contributed by atoms with van der Waals surface area (Å²) in [4.78, 5) is 0. The van der Waals surface area contributed by atoms with Gasteiger partial charge in [-0.15, -0.1) is 6.58 Å². The first-order valence-corrected chi connectivity index (χ1v) is 6.69. The van der Waals surface area contributed by atoms with Crippen LogP contribution in [0, 0.1) is 0 Å². The van der Waals surface area contributed by atoms with E-state index < -0.39 is 6.10 Å². The molecule has 0 bridgehead atoms. The van der Waals surface area contributed by atoms with E-state index in [1.165, 1.54) is 0 Å². The molecule has 2 aromatic carbocycles. The SMILES string of the molecule is C=C[C@H](c1ccccc1)[C@H](O)c1ccc(Cl)cc1Cl. The summed E-state index contributed by atoms with van der Waals surface area (Å²) in [6, 6.07) is 14.8. The number of aliphatic hydroxyl groups is 1. The summed E-state index contributed by atoms with van der Waals surface area (Å²) in [5, 5.41) is 11.5. The Balaban J connectivity index is 2.36. The van der Waals surface area contributed by atoms with Crippen LogP contribution in [-0.4, -0.2) is 5.11 Å². The van der Waals surface area contributed by atoms with E-state index in [-0.39, 0.29) is 5.92 Å². The van der Waals surface area contributed by atoms with E-state index in [0.717, 1.165) is 5.56 Å². The molecular formula is C16H14Cl2O. The normalized spacial score (nSPS) is 13.8. The molecule has 0 fully saturated rings. The lowest BCUT2D eigenvalue weighted by atomic mass is 9.89. The first-order valence-electron chi connectivity index (χ1n) is 5.94. The Hall–Kier alpha value is -1.28. The number of halogens is 2. The number of rotatable bonds is 4. The molecule has 1 nitrogen and oxygen atoms in total. The summed E-state index contributed by atoms with van der Waals surface area (Å²) in [5.74, 6) is -0.208. The number of hydrogen-bond donors (Lipinski definition) is 1. The molecule has 1 N–H and O–H groups in total. The van der Waals surface area contributed by atoms with Crippen molar-refractivity contribution in [1.29, 1.82) is 0 Å². The molecule has 98 valence electrons. The van der Waals surface area contributed by atoms with Crippen molar-refractivity contribution in [3.05, 3.63) is 82.4 Å². The third-order valence-corrected chi connectivity index (χ3v) is 3.62. The van der Waals surface area contributed by atoms with Gasteiger partial charge in [0.05, 0.1) is 6.10 Å². The molecule has 0 aliphatic rings. The molecule has 3 heteroatoms. The van der Waals surface area contributed by atoms with Gasteiger partial charge >= 0.3 is 0 Å². The molecule has 19 heavy (non-hydrogen) atoms. The van der Waals surface area contributed by atoms with E-state index in [2.05, 4.69) is 6.58 Å². The van der Waals surface area contributed by atoms with Crippen molar-refractivity contribution < 1.29 is 5.11 Å². The quantitative estimate of drug-likeness (QED) is 0.787. The van der Waals surface area contributed by atoms with E-state index in [1.54, 1.807) is 24.3 Å². The lowest BCUT2D eigenvalue weighted by Crippen LogP contribution is -2.09. The van der Waals surface area contributed by atoms with Crippen LogP contribution in [0.2, 0.25) is 10.0 Å². The second-order valence-corrected chi connectivity index (χ2v) is 5.13. The van der Waals surface area contributed by atoms with Crippen molar-refractivity contribution in [2.24, 2.45) is 0 Å². The molecule has 0 aromatic heterocycles. The van der Waals surface area contributed by atoms with E-state index >= 15 is 0 Å². The van der Waals surface area contributed by atoms with E-state index in [4.69, 9.17) is 23.2 Å². The monoisotopic (exact) mass is 292 g/mol. The van der Waals surface area contributed by atoms with Gasteiger partial charge in [-0.3, -0.25) is 0 Å². The maximum Gasteiger partial charge on any atom is 0.0907 e. The van der Waals surface area contributed by atoms with Crippen LogP contribution in [0.3, 0.4) is 0 Å². The first-order chi connectivity index (χ1) is 9.13. The Kier molecular flexibility index (Phi) is 4.65. The molecule has 0 unspecified atom stereocenters. The highest BCUT2D eigenvalue weighted by molar-refractivity contribution is 6.35. The van der Waals surface area contributed by atoms with Crippen LogP contribution < -0.4 is 0 Å². The summed E-state index contributed by atoms with van der Waals surface area (Å²) in [6.45, 7) is 3.80. The molecule has 0 spiro atoms. The number of hydrogen-bond acceptors (Lipinski definition) is 1. The van der Waals surface area contributed by atoms with Crippen molar-refractivity contribution in [3.8, 4) is 0 Å². The minimum absolute atomic E-state index is 0.208. The van der Waals surface area contributed by atoms with Gasteiger partial charge in [-0.25, -0.2) is 0 Å². The largest absolute Gasteiger partial charge is 0.387 e. The van der Waals surface area contributed by atoms with Crippen molar-refractivity contribution in [2.45, 2.75) is 12.0 Å². The Labute approximate surface area is 123 Å². The molecule has 0 saturated heterocycles. The highest BCUT2D eigenvalue weighted by Gasteiger charge is 2.21. The third-order valence-electron chi connectivity index (χ3n) is 3.06. The molecule has 0 heterocycles. The zero-order valence-electron chi connectivity index (χ0n) is 10.3. The molecule has 0 aliphatic carbocycles. The second-order valence-electron chi connectivity index (χ2n) is 4.28. The van der Waals surface area contributed by atoms with Gasteiger partial charge < -0.3 is 5.11 Å². The van der Waals surface area contributed by atoms with E-state index in [0.29, 0.717) is 15.6 Å². The maximum absolute atomic E-state index is 10.5. The summed E-state index contributed by atoms with van der Waals surface area (Å²) in [6.07, 6.45) is 0.981. The topological polar surface area (TPSA) is 20.2 Å². The van der Waals surface area contributed by atoms with Crippen molar-refractivity contribution in [2.75, 3.05) is 0 Å². The zero-order chi connectivity index (χ0) is 13.8. The molecule has 0 amide bonds. The van der Waals surface area contributed by atoms with Crippen molar-refractivity contribution in [3.63, 3.8) is 0 Å². The van der Waals surface area contributed by atoms with Crippen LogP contribution in [0.4, 0.5) is 0 Å². The Morgan fingerprint density at radius 2 is 1.74 bits per heavy atom. The zero-order valence-corrected chi connectivity index (χ0v) is 11.8. The molecular weight excluding hydrogens is 279 g/mol. The fourth-order valence-corrected chi connectivity index (χ4v) is 2.58. The van der Waals surface area contributed by atoms with Gasteiger partial charge in [-0.2, -0.15) is 0 Å². The van der Waals surface area contributed by atoms with Crippen LogP contribution >= 0.6 is 23.2 Å². The summed E-state index contributed by atoms with van der Waals surface area (Å²) < 4.78 is 0. The van der Waals surface area contributed by atoms with Crippen LogP contribution in [0.15, 0.2) is 61.2 Å². The lowest BCUT2D eigenvalue weighted by molar-refractivity contribution is 0.162. The van der Waals surface area contributed by atoms with Gasteiger partial charge in [0.15, 0.2) is 0 Å². The predicted molar refractivity (Wildman–Crippen MR) is 80.8 cm³/mol. The molecule has 2 rings (SSSR count). The van der Waals surface area contributed by atoms with Crippen LogP contribution in [0.5, 0.6) is 0 Å². The average molecular weight is 293 g/mol. The van der Waals surface area contributed by atoms with Gasteiger partial charge in [0.25, 0.3) is 0 Å². The highest BCUT2D eigenvalue weighted by Crippen LogP contribution is 2.36. The van der Waals surface area contributed by atoms with Crippen LogP contribution in [-0.2, 0) is 0 Å². The van der Waals surface area contributed by atoms with E-state index in [9.17, 15) is 5.11 Å². The van der Waals surface area contributed by atoms with E-state index in [1.807, 2.05) is 30.3 Å². The Morgan fingerprint density at radius 1 is 1.05 bits per heavy atom. The van der Waals surface area contributed by atoms with Crippen LogP contribution in [0.1, 0.15) is 23.1 Å². The lowest BCUT2D eigenvalue weighted by Gasteiger charge is -2.21. The standard InChI is InChI=1S/C16H14Cl2O/c1-2-13(11-6-4-3-5-7-11)16(19)14-9-8-12(17)10-15(14)18/h2-10,13,16,19H,1H2/t13-,16+/m1/s1. The minimum atomic E-state index is -0.746. The Bertz CT molecular complexity index is 566. The van der Waals surface area contributed by atoms with Crippen molar-refractivity contribution >= 4 is 23.2 Å².